The minimum atomic E-state index is 0.216. The van der Waals surface area contributed by atoms with Crippen LogP contribution in [-0.4, -0.2) is 15.1 Å². The van der Waals surface area contributed by atoms with Crippen molar-refractivity contribution in [2.24, 2.45) is 0 Å². The molecule has 0 aliphatic rings. The fourth-order valence-electron chi connectivity index (χ4n) is 1.51. The summed E-state index contributed by atoms with van der Waals surface area (Å²) in [6.45, 7) is 2.32. The second-order valence-corrected chi connectivity index (χ2v) is 3.73. The lowest BCUT2D eigenvalue weighted by Crippen LogP contribution is -2.04. The third-order valence-corrected chi connectivity index (χ3v) is 2.43. The maximum atomic E-state index is 9.65. The van der Waals surface area contributed by atoms with Gasteiger partial charge in [-0.05, 0) is 25.1 Å². The Morgan fingerprint density at radius 3 is 2.82 bits per heavy atom. The van der Waals surface area contributed by atoms with Gasteiger partial charge in [-0.1, -0.05) is 0 Å². The maximum absolute atomic E-state index is 9.65. The number of nitrogens with one attached hydrogen (secondary N) is 1. The van der Waals surface area contributed by atoms with Gasteiger partial charge in [0.05, 0.1) is 5.69 Å². The summed E-state index contributed by atoms with van der Waals surface area (Å²) in [5, 5.41) is 12.8. The molecule has 0 aliphatic carbocycles. The number of hydrogen-bond acceptors (Lipinski definition) is 5. The maximum Gasteiger partial charge on any atom is 0.147 e. The van der Waals surface area contributed by atoms with Crippen molar-refractivity contribution in [3.05, 3.63) is 41.9 Å². The van der Waals surface area contributed by atoms with Gasteiger partial charge >= 0.3 is 0 Å². The van der Waals surface area contributed by atoms with Gasteiger partial charge in [-0.15, -0.1) is 0 Å². The van der Waals surface area contributed by atoms with Crippen LogP contribution < -0.4 is 11.1 Å². The topological polar surface area (TPSA) is 84.1 Å². The van der Waals surface area contributed by atoms with Gasteiger partial charge in [-0.25, -0.2) is 4.98 Å². The number of phenolic OH excluding ortho intramolecular Hbond substituents is 1. The van der Waals surface area contributed by atoms with E-state index in [0.29, 0.717) is 18.1 Å². The number of phenols is 1. The Bertz CT molecular complexity index is 528. The average Bonchev–Trinajstić information content (AvgIpc) is 2.32. The van der Waals surface area contributed by atoms with Gasteiger partial charge in [0.2, 0.25) is 0 Å². The van der Waals surface area contributed by atoms with Crippen molar-refractivity contribution in [1.29, 1.82) is 0 Å². The van der Waals surface area contributed by atoms with Crippen LogP contribution >= 0.6 is 0 Å². The van der Waals surface area contributed by atoms with Gasteiger partial charge in [0.25, 0.3) is 0 Å². The summed E-state index contributed by atoms with van der Waals surface area (Å²) in [7, 11) is 0. The van der Waals surface area contributed by atoms with Crippen LogP contribution in [0.4, 0.5) is 11.5 Å². The number of aromatic nitrogens is 2. The van der Waals surface area contributed by atoms with Crippen molar-refractivity contribution in [3.63, 3.8) is 0 Å². The molecule has 17 heavy (non-hydrogen) atoms. The highest BCUT2D eigenvalue weighted by Crippen LogP contribution is 2.20. The number of nitrogens with two attached hydrogens (primary N) is 1. The number of nitrogen functional groups attached to an aromatic ring is 1. The number of aryl methyl sites for hydroxylation is 1. The molecule has 0 fully saturated rings. The molecular formula is C12H14N4O. The lowest BCUT2D eigenvalue weighted by atomic mass is 10.2. The zero-order valence-electron chi connectivity index (χ0n) is 9.51. The van der Waals surface area contributed by atoms with E-state index in [9.17, 15) is 5.11 Å². The molecule has 1 aromatic heterocycles. The van der Waals surface area contributed by atoms with E-state index >= 15 is 0 Å². The molecule has 88 valence electrons. The van der Waals surface area contributed by atoms with Gasteiger partial charge in [0, 0.05) is 30.2 Å². The summed E-state index contributed by atoms with van der Waals surface area (Å²) in [6.07, 6.45) is 3.26. The number of benzene rings is 1. The highest BCUT2D eigenvalue weighted by Gasteiger charge is 2.03. The molecule has 0 saturated heterocycles. The van der Waals surface area contributed by atoms with Crippen LogP contribution in [0.2, 0.25) is 0 Å². The highest BCUT2D eigenvalue weighted by atomic mass is 16.3. The summed E-state index contributed by atoms with van der Waals surface area (Å²) in [5.41, 5.74) is 7.83. The minimum Gasteiger partial charge on any atom is -0.508 e. The average molecular weight is 230 g/mol. The predicted octanol–water partition coefficient (Wildman–Crippen LogP) is 1.68. The van der Waals surface area contributed by atoms with Crippen LogP contribution in [0.3, 0.4) is 0 Å². The molecule has 5 nitrogen and oxygen atoms in total. The second-order valence-electron chi connectivity index (χ2n) is 3.73. The molecule has 1 heterocycles. The van der Waals surface area contributed by atoms with Crippen molar-refractivity contribution in [2.45, 2.75) is 13.5 Å². The smallest absolute Gasteiger partial charge is 0.147 e. The molecule has 0 bridgehead atoms. The van der Waals surface area contributed by atoms with Crippen LogP contribution in [0.1, 0.15) is 11.3 Å². The number of aromatic hydroxyl groups is 1. The van der Waals surface area contributed by atoms with E-state index in [-0.39, 0.29) is 5.75 Å². The Hall–Kier alpha value is -2.30. The summed E-state index contributed by atoms with van der Waals surface area (Å²) >= 11 is 0. The predicted molar refractivity (Wildman–Crippen MR) is 66.6 cm³/mol. The van der Waals surface area contributed by atoms with Crippen molar-refractivity contribution in [1.82, 2.24) is 9.97 Å². The molecule has 4 N–H and O–H groups in total. The molecular weight excluding hydrogens is 216 g/mol. The Labute approximate surface area is 99.3 Å². The molecule has 0 spiro atoms. The standard InChI is InChI=1S/C12H14N4O/c1-8-12(15-5-4-14-8)16-7-9-6-10(13)2-3-11(9)17/h2-6,17H,7,13H2,1H3,(H,15,16). The fourth-order valence-corrected chi connectivity index (χ4v) is 1.51. The Kier molecular flexibility index (Phi) is 3.09. The number of anilines is 2. The molecule has 1 aromatic carbocycles. The van der Waals surface area contributed by atoms with Gasteiger partial charge in [0.1, 0.15) is 11.6 Å². The molecule has 5 heteroatoms. The highest BCUT2D eigenvalue weighted by molar-refractivity contribution is 5.49. The second kappa shape index (κ2) is 4.69. The zero-order chi connectivity index (χ0) is 12.3. The normalized spacial score (nSPS) is 10.2. The molecule has 0 radical (unpaired) electrons. The van der Waals surface area contributed by atoms with Crippen LogP contribution in [0.5, 0.6) is 5.75 Å². The van der Waals surface area contributed by atoms with E-state index in [0.717, 1.165) is 11.3 Å². The van der Waals surface area contributed by atoms with Crippen LogP contribution in [0, 0.1) is 6.92 Å². The quantitative estimate of drug-likeness (QED) is 0.552. The molecule has 2 aromatic rings. The number of nitrogens with zero attached hydrogens (tertiary/aromatic N) is 2. The summed E-state index contributed by atoms with van der Waals surface area (Å²) < 4.78 is 0. The first-order chi connectivity index (χ1) is 8.16. The van der Waals surface area contributed by atoms with Crippen molar-refractivity contribution in [3.8, 4) is 5.75 Å². The number of rotatable bonds is 3. The van der Waals surface area contributed by atoms with Crippen LogP contribution in [0.25, 0.3) is 0 Å². The van der Waals surface area contributed by atoms with E-state index < -0.39 is 0 Å². The first-order valence-electron chi connectivity index (χ1n) is 5.25. The zero-order valence-corrected chi connectivity index (χ0v) is 9.51. The van der Waals surface area contributed by atoms with Crippen molar-refractivity contribution < 1.29 is 5.11 Å². The van der Waals surface area contributed by atoms with Crippen molar-refractivity contribution >= 4 is 11.5 Å². The van der Waals surface area contributed by atoms with E-state index in [2.05, 4.69) is 15.3 Å². The summed E-state index contributed by atoms with van der Waals surface area (Å²) in [5.74, 6) is 0.919. The Morgan fingerprint density at radius 2 is 2.06 bits per heavy atom. The fraction of sp³-hybridized carbons (Fsp3) is 0.167. The van der Waals surface area contributed by atoms with E-state index in [1.807, 2.05) is 6.92 Å². The van der Waals surface area contributed by atoms with Crippen LogP contribution in [0.15, 0.2) is 30.6 Å². The van der Waals surface area contributed by atoms with Gasteiger partial charge in [-0.3, -0.25) is 4.98 Å². The van der Waals surface area contributed by atoms with Crippen molar-refractivity contribution in [2.75, 3.05) is 11.1 Å². The number of hydrogen-bond donors (Lipinski definition) is 3. The Balaban J connectivity index is 2.12. The SMILES string of the molecule is Cc1nccnc1NCc1cc(N)ccc1O. The van der Waals surface area contributed by atoms with Gasteiger partial charge < -0.3 is 16.2 Å². The largest absolute Gasteiger partial charge is 0.508 e. The molecule has 0 unspecified atom stereocenters. The third kappa shape index (κ3) is 2.63. The first kappa shape index (κ1) is 11.2. The monoisotopic (exact) mass is 230 g/mol. The van der Waals surface area contributed by atoms with Gasteiger partial charge in [0.15, 0.2) is 0 Å². The lowest BCUT2D eigenvalue weighted by Gasteiger charge is -2.09. The molecule has 2 rings (SSSR count). The molecule has 0 amide bonds. The third-order valence-electron chi connectivity index (χ3n) is 2.43. The van der Waals surface area contributed by atoms with E-state index in [1.165, 1.54) is 0 Å². The molecule has 0 atom stereocenters. The summed E-state index contributed by atoms with van der Waals surface area (Å²) in [6, 6.07) is 4.97. The van der Waals surface area contributed by atoms with E-state index in [1.54, 1.807) is 30.6 Å². The molecule has 0 saturated carbocycles. The van der Waals surface area contributed by atoms with Gasteiger partial charge in [-0.2, -0.15) is 0 Å². The van der Waals surface area contributed by atoms with Crippen LogP contribution in [-0.2, 0) is 6.54 Å². The first-order valence-corrected chi connectivity index (χ1v) is 5.25. The van der Waals surface area contributed by atoms with E-state index in [4.69, 9.17) is 5.73 Å². The Morgan fingerprint density at radius 1 is 1.29 bits per heavy atom. The minimum absolute atomic E-state index is 0.216. The molecule has 0 aliphatic heterocycles. The summed E-state index contributed by atoms with van der Waals surface area (Å²) in [4.78, 5) is 8.28. The lowest BCUT2D eigenvalue weighted by molar-refractivity contribution is 0.469.